The van der Waals surface area contributed by atoms with E-state index >= 15 is 0 Å². The standard InChI is InChI=1S/C21H19NO3S/c1-16-12-14-19(15-13-16)26(24,25)21(18-10-6-3-7-11-18)22-20(23)17-8-4-2-5-9-17/h2-15,21H,1H3,(H,22,23)/t21-/m0/s1. The summed E-state index contributed by atoms with van der Waals surface area (Å²) >= 11 is 0. The maximum atomic E-state index is 13.2. The van der Waals surface area contributed by atoms with Crippen LogP contribution in [0.1, 0.15) is 26.9 Å². The highest BCUT2D eigenvalue weighted by molar-refractivity contribution is 7.91. The van der Waals surface area contributed by atoms with Crippen LogP contribution < -0.4 is 5.32 Å². The molecule has 0 radical (unpaired) electrons. The quantitative estimate of drug-likeness (QED) is 0.746. The second-order valence-corrected chi connectivity index (χ2v) is 8.02. The molecule has 26 heavy (non-hydrogen) atoms. The van der Waals surface area contributed by atoms with Crippen molar-refractivity contribution in [1.82, 2.24) is 5.32 Å². The normalized spacial score (nSPS) is 12.3. The summed E-state index contributed by atoms with van der Waals surface area (Å²) in [4.78, 5) is 12.8. The molecule has 0 saturated heterocycles. The minimum atomic E-state index is -3.81. The van der Waals surface area contributed by atoms with E-state index < -0.39 is 21.1 Å². The molecular weight excluding hydrogens is 346 g/mol. The van der Waals surface area contributed by atoms with Gasteiger partial charge in [0.05, 0.1) is 4.90 Å². The first-order valence-electron chi connectivity index (χ1n) is 8.20. The number of aryl methyl sites for hydroxylation is 1. The minimum absolute atomic E-state index is 0.172. The summed E-state index contributed by atoms with van der Waals surface area (Å²) in [5.74, 6) is -0.435. The van der Waals surface area contributed by atoms with Gasteiger partial charge < -0.3 is 5.32 Å². The molecule has 0 fully saturated rings. The lowest BCUT2D eigenvalue weighted by Crippen LogP contribution is -2.34. The zero-order valence-corrected chi connectivity index (χ0v) is 15.1. The lowest BCUT2D eigenvalue weighted by atomic mass is 10.2. The molecule has 3 aromatic carbocycles. The average Bonchev–Trinajstić information content (AvgIpc) is 2.67. The number of rotatable bonds is 5. The Kier molecular flexibility index (Phi) is 5.19. The first-order chi connectivity index (χ1) is 12.5. The number of hydrogen-bond acceptors (Lipinski definition) is 3. The molecule has 3 aromatic rings. The van der Waals surface area contributed by atoms with Crippen LogP contribution in [0.15, 0.2) is 89.8 Å². The minimum Gasteiger partial charge on any atom is -0.331 e. The lowest BCUT2D eigenvalue weighted by molar-refractivity contribution is 0.0948. The monoisotopic (exact) mass is 365 g/mol. The summed E-state index contributed by atoms with van der Waals surface area (Å²) < 4.78 is 26.4. The van der Waals surface area contributed by atoms with Crippen LogP contribution in [0.5, 0.6) is 0 Å². The molecule has 1 amide bonds. The number of nitrogens with one attached hydrogen (secondary N) is 1. The van der Waals surface area contributed by atoms with E-state index in [0.29, 0.717) is 11.1 Å². The van der Waals surface area contributed by atoms with E-state index in [1.807, 2.05) is 6.92 Å². The van der Waals surface area contributed by atoms with E-state index in [2.05, 4.69) is 5.32 Å². The number of sulfone groups is 1. The first kappa shape index (κ1) is 17.9. The third-order valence-corrected chi connectivity index (χ3v) is 6.00. The third-order valence-electron chi connectivity index (χ3n) is 4.06. The Morgan fingerprint density at radius 2 is 1.35 bits per heavy atom. The van der Waals surface area contributed by atoms with Crippen molar-refractivity contribution in [2.24, 2.45) is 0 Å². The van der Waals surface area contributed by atoms with Crippen molar-refractivity contribution in [2.75, 3.05) is 0 Å². The summed E-state index contributed by atoms with van der Waals surface area (Å²) in [7, 11) is -3.81. The van der Waals surface area contributed by atoms with Gasteiger partial charge in [-0.2, -0.15) is 0 Å². The van der Waals surface area contributed by atoms with Gasteiger partial charge in [-0.25, -0.2) is 8.42 Å². The summed E-state index contributed by atoms with van der Waals surface area (Å²) in [6.45, 7) is 1.89. The number of carbonyl (C=O) groups excluding carboxylic acids is 1. The van der Waals surface area contributed by atoms with Crippen LogP contribution in [0, 0.1) is 6.92 Å². The van der Waals surface area contributed by atoms with Gasteiger partial charge >= 0.3 is 0 Å². The van der Waals surface area contributed by atoms with Crippen LogP contribution in [-0.4, -0.2) is 14.3 Å². The third kappa shape index (κ3) is 3.83. The van der Waals surface area contributed by atoms with Crippen molar-refractivity contribution in [3.05, 3.63) is 102 Å². The maximum Gasteiger partial charge on any atom is 0.252 e. The molecule has 0 heterocycles. The fourth-order valence-corrected chi connectivity index (χ4v) is 4.19. The number of amides is 1. The van der Waals surface area contributed by atoms with Gasteiger partial charge in [0, 0.05) is 5.56 Å². The second kappa shape index (κ2) is 7.54. The van der Waals surface area contributed by atoms with E-state index in [4.69, 9.17) is 0 Å². The Hall–Kier alpha value is -2.92. The van der Waals surface area contributed by atoms with Gasteiger partial charge in [-0.1, -0.05) is 66.2 Å². The molecule has 5 heteroatoms. The Morgan fingerprint density at radius 1 is 0.808 bits per heavy atom. The van der Waals surface area contributed by atoms with Crippen molar-refractivity contribution in [3.8, 4) is 0 Å². The summed E-state index contributed by atoms with van der Waals surface area (Å²) in [6, 6.07) is 23.9. The molecule has 132 valence electrons. The van der Waals surface area contributed by atoms with Crippen LogP contribution in [-0.2, 0) is 9.84 Å². The van der Waals surface area contributed by atoms with Crippen molar-refractivity contribution < 1.29 is 13.2 Å². The highest BCUT2D eigenvalue weighted by Gasteiger charge is 2.30. The van der Waals surface area contributed by atoms with E-state index in [1.54, 1.807) is 84.9 Å². The van der Waals surface area contributed by atoms with Gasteiger partial charge in [0.1, 0.15) is 0 Å². The molecule has 1 N–H and O–H groups in total. The highest BCUT2D eigenvalue weighted by Crippen LogP contribution is 2.27. The maximum absolute atomic E-state index is 13.2. The van der Waals surface area contributed by atoms with Crippen molar-refractivity contribution in [3.63, 3.8) is 0 Å². The lowest BCUT2D eigenvalue weighted by Gasteiger charge is -2.20. The summed E-state index contributed by atoms with van der Waals surface area (Å²) in [5.41, 5.74) is 1.89. The van der Waals surface area contributed by atoms with Crippen molar-refractivity contribution in [1.29, 1.82) is 0 Å². The fourth-order valence-electron chi connectivity index (χ4n) is 2.62. The Labute approximate surface area is 153 Å². The highest BCUT2D eigenvalue weighted by atomic mass is 32.2. The van der Waals surface area contributed by atoms with Gasteiger partial charge in [0.25, 0.3) is 5.91 Å². The average molecular weight is 365 g/mol. The number of hydrogen-bond donors (Lipinski definition) is 1. The fraction of sp³-hybridized carbons (Fsp3) is 0.0952. The van der Waals surface area contributed by atoms with E-state index in [-0.39, 0.29) is 4.90 Å². The molecule has 0 unspecified atom stereocenters. The van der Waals surface area contributed by atoms with E-state index in [9.17, 15) is 13.2 Å². The van der Waals surface area contributed by atoms with Crippen LogP contribution in [0.2, 0.25) is 0 Å². The Balaban J connectivity index is 2.01. The molecule has 0 aliphatic carbocycles. The van der Waals surface area contributed by atoms with Gasteiger partial charge in [-0.3, -0.25) is 4.79 Å². The van der Waals surface area contributed by atoms with Gasteiger partial charge in [-0.05, 0) is 36.8 Å². The van der Waals surface area contributed by atoms with Crippen molar-refractivity contribution >= 4 is 15.7 Å². The molecule has 0 aromatic heterocycles. The van der Waals surface area contributed by atoms with Crippen LogP contribution in [0.3, 0.4) is 0 Å². The van der Waals surface area contributed by atoms with Crippen LogP contribution in [0.4, 0.5) is 0 Å². The molecule has 3 rings (SSSR count). The molecule has 0 bridgehead atoms. The predicted octanol–water partition coefficient (Wildman–Crippen LogP) is 3.90. The SMILES string of the molecule is Cc1ccc(S(=O)(=O)[C@H](NC(=O)c2ccccc2)c2ccccc2)cc1. The number of carbonyl (C=O) groups is 1. The molecule has 0 aliphatic rings. The largest absolute Gasteiger partial charge is 0.331 e. The smallest absolute Gasteiger partial charge is 0.252 e. The molecule has 0 spiro atoms. The topological polar surface area (TPSA) is 63.2 Å². The van der Waals surface area contributed by atoms with Gasteiger partial charge in [0.2, 0.25) is 9.84 Å². The van der Waals surface area contributed by atoms with Crippen LogP contribution in [0.25, 0.3) is 0 Å². The molecule has 4 nitrogen and oxygen atoms in total. The van der Waals surface area contributed by atoms with Gasteiger partial charge in [0.15, 0.2) is 5.37 Å². The van der Waals surface area contributed by atoms with Crippen molar-refractivity contribution in [2.45, 2.75) is 17.2 Å². The van der Waals surface area contributed by atoms with Gasteiger partial charge in [-0.15, -0.1) is 0 Å². The Bertz CT molecular complexity index is 982. The molecule has 1 atom stereocenters. The summed E-state index contributed by atoms with van der Waals surface area (Å²) in [6.07, 6.45) is 0. The predicted molar refractivity (Wildman–Crippen MR) is 101 cm³/mol. The Morgan fingerprint density at radius 3 is 1.92 bits per heavy atom. The van der Waals surface area contributed by atoms with Crippen LogP contribution >= 0.6 is 0 Å². The van der Waals surface area contributed by atoms with E-state index in [0.717, 1.165) is 5.56 Å². The zero-order valence-electron chi connectivity index (χ0n) is 14.3. The second-order valence-electron chi connectivity index (χ2n) is 5.99. The van der Waals surface area contributed by atoms with E-state index in [1.165, 1.54) is 0 Å². The molecule has 0 saturated carbocycles. The molecule has 0 aliphatic heterocycles. The summed E-state index contributed by atoms with van der Waals surface area (Å²) in [5, 5.41) is 1.51. The first-order valence-corrected chi connectivity index (χ1v) is 9.74. The number of benzene rings is 3. The molecular formula is C21H19NO3S. The zero-order chi connectivity index (χ0) is 18.6.